The Morgan fingerprint density at radius 3 is 2.69 bits per heavy atom. The second kappa shape index (κ2) is 12.1. The number of halogens is 4. The van der Waals surface area contributed by atoms with Crippen molar-refractivity contribution in [3.63, 3.8) is 0 Å². The Bertz CT molecular complexity index is 1660. The van der Waals surface area contributed by atoms with E-state index in [1.807, 2.05) is 0 Å². The molecule has 2 heterocycles. The second-order valence-electron chi connectivity index (χ2n) is 9.01. The van der Waals surface area contributed by atoms with E-state index in [2.05, 4.69) is 32.8 Å². The van der Waals surface area contributed by atoms with Crippen LogP contribution < -0.4 is 10.1 Å². The molecule has 0 fully saturated rings. The quantitative estimate of drug-likeness (QED) is 0.113. The Kier molecular flexibility index (Phi) is 8.61. The number of methoxy groups -OCH3 is 1. The molecule has 0 saturated heterocycles. The van der Waals surface area contributed by atoms with Crippen LogP contribution in [0.2, 0.25) is 0 Å². The Morgan fingerprint density at radius 2 is 2.05 bits per heavy atom. The molecule has 1 atom stereocenters. The number of anilines is 1. The zero-order valence-corrected chi connectivity index (χ0v) is 22.4. The van der Waals surface area contributed by atoms with Crippen molar-refractivity contribution >= 4 is 17.6 Å². The van der Waals surface area contributed by atoms with Crippen LogP contribution in [0.3, 0.4) is 0 Å². The molecule has 1 aliphatic rings. The number of nitrogens with zero attached hydrogens (tertiary/aromatic N) is 3. The predicted octanol–water partition coefficient (Wildman–Crippen LogP) is 5.53. The SMILES string of the molecule is C#Cc1ccc2c(c1)C(c1c(F)cccc1OCC(F)(F)F)=NCc1cnc(NC(C)/C(C(=O)O)=C(\C=C)OC)nc1-2. The summed E-state index contributed by atoms with van der Waals surface area (Å²) in [5.41, 5.74) is 1.70. The van der Waals surface area contributed by atoms with Gasteiger partial charge in [-0.3, -0.25) is 4.99 Å². The minimum Gasteiger partial charge on any atom is -0.496 e. The summed E-state index contributed by atoms with van der Waals surface area (Å²) in [5, 5.41) is 12.7. The number of fused-ring (bicyclic) bond motifs is 3. The summed E-state index contributed by atoms with van der Waals surface area (Å²) in [6.07, 6.45) is 3.71. The smallest absolute Gasteiger partial charge is 0.422 e. The number of ether oxygens (including phenoxy) is 2. The van der Waals surface area contributed by atoms with E-state index in [-0.39, 0.29) is 40.9 Å². The first-order valence-corrected chi connectivity index (χ1v) is 12.4. The van der Waals surface area contributed by atoms with Gasteiger partial charge in [0.05, 0.1) is 36.7 Å². The lowest BCUT2D eigenvalue weighted by Crippen LogP contribution is -2.26. The third-order valence-corrected chi connectivity index (χ3v) is 6.25. The van der Waals surface area contributed by atoms with E-state index in [4.69, 9.17) is 15.9 Å². The van der Waals surface area contributed by atoms with Gasteiger partial charge in [0.25, 0.3) is 0 Å². The van der Waals surface area contributed by atoms with Gasteiger partial charge in [-0.2, -0.15) is 13.2 Å². The molecule has 4 rings (SSSR count). The molecule has 0 aliphatic carbocycles. The van der Waals surface area contributed by atoms with Crippen molar-refractivity contribution in [1.82, 2.24) is 9.97 Å². The standard InChI is InChI=1S/C30H24F4N4O4/c1-5-17-10-11-19-20(12-17)27(25-21(31)8-7-9-23(25)42-15-30(32,33)34)35-13-18-14-36-29(38-26(18)19)37-16(3)24(28(39)40)22(6-2)41-4/h1,6-12,14,16H,2,13,15H2,3-4H3,(H,39,40)(H,36,37,38)/b24-22-. The highest BCUT2D eigenvalue weighted by Crippen LogP contribution is 2.36. The van der Waals surface area contributed by atoms with E-state index in [0.29, 0.717) is 27.9 Å². The summed E-state index contributed by atoms with van der Waals surface area (Å²) < 4.78 is 64.3. The molecule has 3 aromatic rings. The number of aromatic nitrogens is 2. The van der Waals surface area contributed by atoms with Crippen molar-refractivity contribution in [2.45, 2.75) is 25.7 Å². The van der Waals surface area contributed by atoms with Crippen LogP contribution in [0.4, 0.5) is 23.5 Å². The van der Waals surface area contributed by atoms with Crippen LogP contribution in [0.15, 0.2) is 71.6 Å². The van der Waals surface area contributed by atoms with Gasteiger partial charge in [-0.1, -0.05) is 24.6 Å². The Balaban J connectivity index is 1.83. The maximum atomic E-state index is 15.3. The lowest BCUT2D eigenvalue weighted by molar-refractivity contribution is -0.153. The van der Waals surface area contributed by atoms with Gasteiger partial charge in [0.1, 0.15) is 22.9 Å². The molecule has 1 unspecified atom stereocenters. The zero-order chi connectivity index (χ0) is 30.6. The number of alkyl halides is 3. The molecule has 42 heavy (non-hydrogen) atoms. The topological polar surface area (TPSA) is 106 Å². The van der Waals surface area contributed by atoms with E-state index in [9.17, 15) is 23.1 Å². The van der Waals surface area contributed by atoms with Crippen molar-refractivity contribution in [3.05, 3.63) is 94.7 Å². The van der Waals surface area contributed by atoms with E-state index in [1.165, 1.54) is 31.5 Å². The first kappa shape index (κ1) is 29.8. The molecule has 0 spiro atoms. The van der Waals surface area contributed by atoms with Gasteiger partial charge >= 0.3 is 12.1 Å². The lowest BCUT2D eigenvalue weighted by Gasteiger charge is -2.18. The molecule has 2 N–H and O–H groups in total. The number of hydrogen-bond donors (Lipinski definition) is 2. The maximum absolute atomic E-state index is 15.3. The second-order valence-corrected chi connectivity index (χ2v) is 9.01. The molecular weight excluding hydrogens is 556 g/mol. The van der Waals surface area contributed by atoms with Crippen molar-refractivity contribution in [1.29, 1.82) is 0 Å². The minimum absolute atomic E-state index is 0.0186. The van der Waals surface area contributed by atoms with Crippen LogP contribution in [-0.4, -0.2) is 52.7 Å². The van der Waals surface area contributed by atoms with Crippen LogP contribution in [0.5, 0.6) is 5.75 Å². The molecule has 1 aromatic heterocycles. The number of rotatable bonds is 9. The summed E-state index contributed by atoms with van der Waals surface area (Å²) in [6.45, 7) is 3.47. The summed E-state index contributed by atoms with van der Waals surface area (Å²) >= 11 is 0. The normalized spacial score (nSPS) is 13.7. The number of aliphatic imine (C=N–C) groups is 1. The number of carboxylic acids is 1. The minimum atomic E-state index is -4.65. The van der Waals surface area contributed by atoms with Gasteiger partial charge in [-0.15, -0.1) is 6.42 Å². The highest BCUT2D eigenvalue weighted by molar-refractivity contribution is 6.18. The summed E-state index contributed by atoms with van der Waals surface area (Å²) in [5.74, 6) is 0.185. The van der Waals surface area contributed by atoms with Gasteiger partial charge in [0, 0.05) is 28.5 Å². The molecule has 2 aromatic carbocycles. The molecular formula is C30H24F4N4O4. The highest BCUT2D eigenvalue weighted by atomic mass is 19.4. The average Bonchev–Trinajstić information content (AvgIpc) is 3.10. The van der Waals surface area contributed by atoms with Crippen molar-refractivity contribution in [3.8, 4) is 29.4 Å². The maximum Gasteiger partial charge on any atom is 0.422 e. The third-order valence-electron chi connectivity index (χ3n) is 6.25. The van der Waals surface area contributed by atoms with E-state index in [1.54, 1.807) is 25.1 Å². The predicted molar refractivity (Wildman–Crippen MR) is 148 cm³/mol. The van der Waals surface area contributed by atoms with Crippen LogP contribution in [0.1, 0.15) is 29.2 Å². The largest absolute Gasteiger partial charge is 0.496 e. The number of benzene rings is 2. The Labute approximate surface area is 238 Å². The Morgan fingerprint density at radius 1 is 1.29 bits per heavy atom. The summed E-state index contributed by atoms with van der Waals surface area (Å²) in [4.78, 5) is 25.4. The van der Waals surface area contributed by atoms with Crippen LogP contribution in [-0.2, 0) is 16.1 Å². The molecule has 216 valence electrons. The number of hydrogen-bond acceptors (Lipinski definition) is 7. The fourth-order valence-electron chi connectivity index (χ4n) is 4.41. The van der Waals surface area contributed by atoms with Crippen molar-refractivity contribution < 1.29 is 36.9 Å². The number of aliphatic carboxylic acids is 1. The van der Waals surface area contributed by atoms with Crippen LogP contribution in [0, 0.1) is 18.2 Å². The Hall–Kier alpha value is -5.18. The molecule has 1 aliphatic heterocycles. The van der Waals surface area contributed by atoms with Gasteiger partial charge in [-0.05, 0) is 37.3 Å². The molecule has 8 nitrogen and oxygen atoms in total. The third kappa shape index (κ3) is 6.25. The summed E-state index contributed by atoms with van der Waals surface area (Å²) in [6, 6.07) is 7.57. The molecule has 12 heteroatoms. The van der Waals surface area contributed by atoms with E-state index in [0.717, 1.165) is 6.07 Å². The van der Waals surface area contributed by atoms with Gasteiger partial charge in [0.15, 0.2) is 6.61 Å². The zero-order valence-electron chi connectivity index (χ0n) is 22.4. The fourth-order valence-corrected chi connectivity index (χ4v) is 4.41. The van der Waals surface area contributed by atoms with E-state index >= 15 is 4.39 Å². The van der Waals surface area contributed by atoms with Crippen LogP contribution >= 0.6 is 0 Å². The van der Waals surface area contributed by atoms with Gasteiger partial charge < -0.3 is 19.9 Å². The molecule has 0 bridgehead atoms. The van der Waals surface area contributed by atoms with Crippen molar-refractivity contribution in [2.24, 2.45) is 4.99 Å². The molecule has 0 saturated carbocycles. The van der Waals surface area contributed by atoms with Gasteiger partial charge in [-0.25, -0.2) is 19.2 Å². The number of carboxylic acid groups (broad SMARTS) is 1. The number of nitrogens with one attached hydrogen (secondary N) is 1. The molecule has 0 radical (unpaired) electrons. The summed E-state index contributed by atoms with van der Waals surface area (Å²) in [7, 11) is 1.32. The van der Waals surface area contributed by atoms with Crippen LogP contribution in [0.25, 0.3) is 11.3 Å². The monoisotopic (exact) mass is 580 g/mol. The van der Waals surface area contributed by atoms with Crippen molar-refractivity contribution in [2.75, 3.05) is 19.0 Å². The molecule has 0 amide bonds. The first-order valence-electron chi connectivity index (χ1n) is 12.4. The van der Waals surface area contributed by atoms with E-state index < -0.39 is 30.6 Å². The fraction of sp³-hybridized carbons (Fsp3) is 0.200. The highest BCUT2D eigenvalue weighted by Gasteiger charge is 2.31. The lowest BCUT2D eigenvalue weighted by atomic mass is 9.93. The van der Waals surface area contributed by atoms with Gasteiger partial charge in [0.2, 0.25) is 5.95 Å². The number of carbonyl (C=O) groups is 1. The average molecular weight is 581 g/mol. The number of terminal acetylenes is 1. The number of allylic oxidation sites excluding steroid dienone is 1. The first-order chi connectivity index (χ1) is 20.0.